The molecular weight excluding hydrogens is 477 g/mol. The molecule has 3 aliphatic rings. The lowest BCUT2D eigenvalue weighted by atomic mass is 9.75. The Morgan fingerprint density at radius 3 is 2.49 bits per heavy atom. The van der Waals surface area contributed by atoms with Gasteiger partial charge in [0.25, 0.3) is 0 Å². The third-order valence-electron chi connectivity index (χ3n) is 8.39. The summed E-state index contributed by atoms with van der Waals surface area (Å²) in [6.45, 7) is 8.82. The number of nitrogens with one attached hydrogen (secondary N) is 1. The Balaban J connectivity index is 1.24. The summed E-state index contributed by atoms with van der Waals surface area (Å²) in [6, 6.07) is 7.26. The maximum atomic E-state index is 13.3. The van der Waals surface area contributed by atoms with Crippen LogP contribution in [0.25, 0.3) is 0 Å². The summed E-state index contributed by atoms with van der Waals surface area (Å²) in [5.41, 5.74) is 0.662. The second-order valence-electron chi connectivity index (χ2n) is 10.6. The van der Waals surface area contributed by atoms with Gasteiger partial charge in [-0.2, -0.15) is 0 Å². The van der Waals surface area contributed by atoms with Crippen molar-refractivity contribution in [1.82, 2.24) is 20.0 Å². The van der Waals surface area contributed by atoms with Crippen molar-refractivity contribution in [2.75, 3.05) is 64.4 Å². The number of piperazine rings is 1. The number of rotatable bonds is 7. The fourth-order valence-corrected chi connectivity index (χ4v) is 6.08. The number of hydrogen-bond acceptors (Lipinski definition) is 6. The molecule has 1 N–H and O–H groups in total. The summed E-state index contributed by atoms with van der Waals surface area (Å²) < 4.78 is 18.1. The smallest absolute Gasteiger partial charge is 0.407 e. The van der Waals surface area contributed by atoms with Gasteiger partial charge in [-0.1, -0.05) is 0 Å². The molecule has 204 valence electrons. The lowest BCUT2D eigenvalue weighted by Gasteiger charge is -2.41. The second-order valence-corrected chi connectivity index (χ2v) is 10.6. The lowest BCUT2D eigenvalue weighted by molar-refractivity contribution is -0.141. The number of nitrogens with zero attached hydrogens (tertiary/aromatic N) is 4. The third kappa shape index (κ3) is 6.17. The Labute approximate surface area is 218 Å². The molecule has 0 saturated carbocycles. The molecule has 0 bridgehead atoms. The quantitative estimate of drug-likeness (QED) is 0.598. The van der Waals surface area contributed by atoms with Crippen LogP contribution in [-0.2, 0) is 14.3 Å². The molecule has 1 aromatic carbocycles. The molecule has 1 spiro atoms. The van der Waals surface area contributed by atoms with Crippen LogP contribution in [0.1, 0.15) is 39.5 Å². The predicted molar refractivity (Wildman–Crippen MR) is 139 cm³/mol. The first-order valence-corrected chi connectivity index (χ1v) is 13.4. The van der Waals surface area contributed by atoms with Crippen LogP contribution in [0.4, 0.5) is 14.9 Å². The fourth-order valence-electron chi connectivity index (χ4n) is 6.08. The molecule has 10 heteroatoms. The highest BCUT2D eigenvalue weighted by atomic mass is 19.1. The number of ether oxygens (including phenoxy) is 1. The summed E-state index contributed by atoms with van der Waals surface area (Å²) in [5.74, 6) is -0.165. The molecule has 3 fully saturated rings. The van der Waals surface area contributed by atoms with Gasteiger partial charge in [-0.25, -0.2) is 9.18 Å². The van der Waals surface area contributed by atoms with Crippen LogP contribution in [0.3, 0.4) is 0 Å². The van der Waals surface area contributed by atoms with E-state index in [0.717, 1.165) is 44.7 Å². The number of amides is 3. The van der Waals surface area contributed by atoms with Crippen molar-refractivity contribution in [2.24, 2.45) is 5.41 Å². The van der Waals surface area contributed by atoms with Crippen molar-refractivity contribution in [2.45, 2.75) is 51.6 Å². The van der Waals surface area contributed by atoms with E-state index in [4.69, 9.17) is 4.74 Å². The zero-order valence-corrected chi connectivity index (χ0v) is 22.2. The number of hydrogen-bond donors (Lipinski definition) is 1. The van der Waals surface area contributed by atoms with Gasteiger partial charge < -0.3 is 24.8 Å². The molecule has 1 aromatic rings. The van der Waals surface area contributed by atoms with Gasteiger partial charge in [0, 0.05) is 64.1 Å². The van der Waals surface area contributed by atoms with Gasteiger partial charge in [0.05, 0.1) is 12.0 Å². The first-order valence-electron chi connectivity index (χ1n) is 13.4. The van der Waals surface area contributed by atoms with E-state index in [0.29, 0.717) is 32.0 Å². The van der Waals surface area contributed by atoms with Gasteiger partial charge in [-0.15, -0.1) is 0 Å². The Bertz CT molecular complexity index is 966. The topological polar surface area (TPSA) is 85.4 Å². The zero-order chi connectivity index (χ0) is 26.6. The van der Waals surface area contributed by atoms with Crippen LogP contribution < -0.4 is 10.2 Å². The number of alkyl carbamates (subject to hydrolysis) is 1. The van der Waals surface area contributed by atoms with E-state index in [2.05, 4.69) is 22.0 Å². The van der Waals surface area contributed by atoms with Crippen LogP contribution >= 0.6 is 0 Å². The Hall–Kier alpha value is -2.88. The molecule has 2 atom stereocenters. The van der Waals surface area contributed by atoms with Crippen molar-refractivity contribution in [3.63, 3.8) is 0 Å². The number of carbonyl (C=O) groups excluding carboxylic acids is 3. The van der Waals surface area contributed by atoms with E-state index in [-0.39, 0.29) is 36.8 Å². The number of halogens is 1. The van der Waals surface area contributed by atoms with Gasteiger partial charge >= 0.3 is 6.09 Å². The van der Waals surface area contributed by atoms with Crippen molar-refractivity contribution in [1.29, 1.82) is 0 Å². The predicted octanol–water partition coefficient (Wildman–Crippen LogP) is 2.31. The maximum Gasteiger partial charge on any atom is 0.407 e. The number of anilines is 1. The fraction of sp³-hybridized carbons (Fsp3) is 0.667. The summed E-state index contributed by atoms with van der Waals surface area (Å²) in [5, 5.41) is 2.48. The highest BCUT2D eigenvalue weighted by Gasteiger charge is 2.51. The van der Waals surface area contributed by atoms with Gasteiger partial charge in [0.1, 0.15) is 12.4 Å². The number of piperidine rings is 1. The van der Waals surface area contributed by atoms with Crippen LogP contribution in [0.2, 0.25) is 0 Å². The van der Waals surface area contributed by atoms with Crippen LogP contribution in [0, 0.1) is 11.2 Å². The molecule has 9 nitrogen and oxygen atoms in total. The Morgan fingerprint density at radius 2 is 1.84 bits per heavy atom. The molecule has 0 aliphatic carbocycles. The Kier molecular flexibility index (Phi) is 8.56. The lowest BCUT2D eigenvalue weighted by Crippen LogP contribution is -2.52. The molecule has 0 aromatic heterocycles. The number of carbonyl (C=O) groups is 3. The summed E-state index contributed by atoms with van der Waals surface area (Å²) in [7, 11) is 1.92. The van der Waals surface area contributed by atoms with E-state index in [1.165, 1.54) is 12.1 Å². The van der Waals surface area contributed by atoms with E-state index >= 15 is 0 Å². The van der Waals surface area contributed by atoms with Gasteiger partial charge in [-0.3, -0.25) is 14.5 Å². The average molecular weight is 518 g/mol. The SMILES string of the molecule is CCOC(=O)NCC(=O)N1CCC2(CC1)C[C@H](CCN1CCN(c3ccc(F)cc3)C[C@H]1C)N(C)C2=O. The molecule has 3 saturated heterocycles. The first kappa shape index (κ1) is 27.2. The Morgan fingerprint density at radius 1 is 1.14 bits per heavy atom. The van der Waals surface area contributed by atoms with Crippen molar-refractivity contribution in [3.05, 3.63) is 30.1 Å². The van der Waals surface area contributed by atoms with Crippen LogP contribution in [-0.4, -0.2) is 104 Å². The van der Waals surface area contributed by atoms with Crippen LogP contribution in [0.15, 0.2) is 24.3 Å². The highest BCUT2D eigenvalue weighted by Crippen LogP contribution is 2.44. The molecule has 0 unspecified atom stereocenters. The molecule has 3 aliphatic heterocycles. The monoisotopic (exact) mass is 517 g/mol. The summed E-state index contributed by atoms with van der Waals surface area (Å²) in [6.07, 6.45) is 2.48. The minimum atomic E-state index is -0.592. The van der Waals surface area contributed by atoms with E-state index in [1.807, 2.05) is 24.1 Å². The van der Waals surface area contributed by atoms with E-state index in [9.17, 15) is 18.8 Å². The van der Waals surface area contributed by atoms with Crippen molar-refractivity contribution in [3.8, 4) is 0 Å². The minimum Gasteiger partial charge on any atom is -0.450 e. The largest absolute Gasteiger partial charge is 0.450 e. The minimum absolute atomic E-state index is 0.0884. The van der Waals surface area contributed by atoms with Gasteiger partial charge in [0.2, 0.25) is 11.8 Å². The van der Waals surface area contributed by atoms with Gasteiger partial charge in [-0.05, 0) is 63.8 Å². The molecule has 0 radical (unpaired) electrons. The molecule has 3 amide bonds. The van der Waals surface area contributed by atoms with Crippen LogP contribution in [0.5, 0.6) is 0 Å². The standard InChI is InChI=1S/C27H40FN5O4/c1-4-37-26(36)29-18-24(34)32-13-10-27(11-14-32)17-23(30(3)25(27)35)9-12-31-15-16-33(19-20(31)2)22-7-5-21(28)6-8-22/h5-8,20,23H,4,9-19H2,1-3H3,(H,29,36)/t20-,23+/m1/s1. The molecule has 3 heterocycles. The third-order valence-corrected chi connectivity index (χ3v) is 8.39. The molecule has 4 rings (SSSR count). The van der Waals surface area contributed by atoms with Crippen molar-refractivity contribution < 1.29 is 23.5 Å². The highest BCUT2D eigenvalue weighted by molar-refractivity contribution is 5.86. The molecule has 37 heavy (non-hydrogen) atoms. The van der Waals surface area contributed by atoms with Gasteiger partial charge in [0.15, 0.2) is 0 Å². The average Bonchev–Trinajstić information content (AvgIpc) is 3.12. The zero-order valence-electron chi connectivity index (χ0n) is 22.2. The normalized spacial score (nSPS) is 24.0. The van der Waals surface area contributed by atoms with Crippen molar-refractivity contribution >= 4 is 23.6 Å². The number of likely N-dealkylation sites (tertiary alicyclic amines) is 2. The number of benzene rings is 1. The summed E-state index contributed by atoms with van der Waals surface area (Å²) in [4.78, 5) is 45.7. The molecular formula is C27H40FN5O4. The maximum absolute atomic E-state index is 13.3. The summed E-state index contributed by atoms with van der Waals surface area (Å²) >= 11 is 0. The first-order chi connectivity index (χ1) is 17.7. The second kappa shape index (κ2) is 11.7. The van der Waals surface area contributed by atoms with E-state index in [1.54, 1.807) is 11.8 Å². The van der Waals surface area contributed by atoms with E-state index < -0.39 is 11.5 Å².